The summed E-state index contributed by atoms with van der Waals surface area (Å²) in [6.07, 6.45) is 5.46. The number of nitrogens with one attached hydrogen (secondary N) is 1. The fourth-order valence-electron chi connectivity index (χ4n) is 1.34. The quantitative estimate of drug-likeness (QED) is 0.563. The Kier molecular flexibility index (Phi) is 2.42. The molecule has 3 heteroatoms. The van der Waals surface area contributed by atoms with Crippen LogP contribution >= 0.6 is 0 Å². The Balaban J connectivity index is 2.32. The van der Waals surface area contributed by atoms with Crippen LogP contribution in [0, 0.1) is 5.92 Å². The van der Waals surface area contributed by atoms with Crippen molar-refractivity contribution < 1.29 is 9.59 Å². The minimum Gasteiger partial charge on any atom is -0.288 e. The lowest BCUT2D eigenvalue weighted by atomic mass is 10.1. The average molecular weight is 140 g/mol. The van der Waals surface area contributed by atoms with Gasteiger partial charge in [-0.3, -0.25) is 14.9 Å². The van der Waals surface area contributed by atoms with Crippen LogP contribution in [0.15, 0.2) is 0 Å². The van der Waals surface area contributed by atoms with Gasteiger partial charge in [0.25, 0.3) is 0 Å². The molecular formula is C7H10NO2. The Morgan fingerprint density at radius 2 is 2.00 bits per heavy atom. The molecule has 0 aromatic rings. The van der Waals surface area contributed by atoms with E-state index in [1.54, 1.807) is 0 Å². The predicted molar refractivity (Wildman–Crippen MR) is 35.8 cm³/mol. The van der Waals surface area contributed by atoms with Gasteiger partial charge in [0, 0.05) is 5.92 Å². The monoisotopic (exact) mass is 140 g/mol. The molecule has 0 atom stereocenters. The van der Waals surface area contributed by atoms with E-state index in [2.05, 4.69) is 0 Å². The van der Waals surface area contributed by atoms with E-state index >= 15 is 0 Å². The number of hydrogen-bond donors (Lipinski definition) is 1. The first kappa shape index (κ1) is 7.25. The zero-order valence-corrected chi connectivity index (χ0v) is 5.72. The van der Waals surface area contributed by atoms with E-state index in [1.165, 1.54) is 6.41 Å². The van der Waals surface area contributed by atoms with Crippen molar-refractivity contribution in [2.24, 2.45) is 5.92 Å². The van der Waals surface area contributed by atoms with Gasteiger partial charge in [-0.05, 0) is 12.8 Å². The fourth-order valence-corrected chi connectivity index (χ4v) is 1.34. The molecule has 1 fully saturated rings. The molecule has 0 saturated heterocycles. The zero-order chi connectivity index (χ0) is 7.40. The summed E-state index contributed by atoms with van der Waals surface area (Å²) in [5.41, 5.74) is 0. The highest BCUT2D eigenvalue weighted by atomic mass is 16.2. The van der Waals surface area contributed by atoms with Crippen molar-refractivity contribution in [1.82, 2.24) is 5.32 Å². The van der Waals surface area contributed by atoms with Gasteiger partial charge in [0.15, 0.2) is 0 Å². The standard InChI is InChI=1S/C7H10NO2/c9-5-8-7(10)6-3-1-2-4-6/h6H,1-4H2,(H,8,9,10). The van der Waals surface area contributed by atoms with Crippen molar-refractivity contribution in [2.45, 2.75) is 25.7 Å². The number of carbonyl (C=O) groups excluding carboxylic acids is 2. The van der Waals surface area contributed by atoms with E-state index in [1.807, 2.05) is 5.32 Å². The third kappa shape index (κ3) is 1.56. The van der Waals surface area contributed by atoms with Crippen molar-refractivity contribution in [2.75, 3.05) is 0 Å². The lowest BCUT2D eigenvalue weighted by Crippen LogP contribution is -2.27. The molecule has 2 amide bonds. The van der Waals surface area contributed by atoms with Crippen LogP contribution in [-0.2, 0) is 9.59 Å². The van der Waals surface area contributed by atoms with E-state index in [9.17, 15) is 9.59 Å². The smallest absolute Gasteiger partial charge is 0.288 e. The van der Waals surface area contributed by atoms with Crippen LogP contribution in [0.1, 0.15) is 25.7 Å². The predicted octanol–water partition coefficient (Wildman–Crippen LogP) is 0.360. The highest BCUT2D eigenvalue weighted by Gasteiger charge is 2.21. The molecule has 1 rings (SSSR count). The van der Waals surface area contributed by atoms with Crippen LogP contribution in [0.5, 0.6) is 0 Å². The number of carbonyl (C=O) groups is 1. The summed E-state index contributed by atoms with van der Waals surface area (Å²) in [4.78, 5) is 20.6. The third-order valence-electron chi connectivity index (χ3n) is 1.90. The third-order valence-corrected chi connectivity index (χ3v) is 1.90. The summed E-state index contributed by atoms with van der Waals surface area (Å²) in [5.74, 6) is -0.0889. The molecule has 3 nitrogen and oxygen atoms in total. The zero-order valence-electron chi connectivity index (χ0n) is 5.72. The maximum atomic E-state index is 10.9. The second-order valence-corrected chi connectivity index (χ2v) is 2.57. The topological polar surface area (TPSA) is 46.2 Å². The molecule has 55 valence electrons. The van der Waals surface area contributed by atoms with Crippen molar-refractivity contribution in [1.29, 1.82) is 0 Å². The highest BCUT2D eigenvalue weighted by Crippen LogP contribution is 2.24. The first-order chi connectivity index (χ1) is 4.84. The molecule has 1 radical (unpaired) electrons. The van der Waals surface area contributed by atoms with E-state index < -0.39 is 0 Å². The van der Waals surface area contributed by atoms with E-state index in [0.29, 0.717) is 0 Å². The molecule has 0 heterocycles. The van der Waals surface area contributed by atoms with Crippen molar-refractivity contribution in [3.05, 3.63) is 0 Å². The Morgan fingerprint density at radius 3 is 2.50 bits per heavy atom. The fraction of sp³-hybridized carbons (Fsp3) is 0.714. The minimum atomic E-state index is -0.160. The van der Waals surface area contributed by atoms with Crippen molar-refractivity contribution in [3.8, 4) is 0 Å². The van der Waals surface area contributed by atoms with Gasteiger partial charge in [-0.1, -0.05) is 12.8 Å². The number of amides is 2. The van der Waals surface area contributed by atoms with Gasteiger partial charge < -0.3 is 0 Å². The Hall–Kier alpha value is -0.860. The molecule has 1 N–H and O–H groups in total. The molecular weight excluding hydrogens is 130 g/mol. The maximum absolute atomic E-state index is 10.9. The lowest BCUT2D eigenvalue weighted by Gasteiger charge is -2.03. The van der Waals surface area contributed by atoms with Crippen LogP contribution in [0.3, 0.4) is 0 Å². The van der Waals surface area contributed by atoms with E-state index in [-0.39, 0.29) is 11.8 Å². The summed E-state index contributed by atoms with van der Waals surface area (Å²) in [6, 6.07) is 0. The van der Waals surface area contributed by atoms with Gasteiger partial charge in [-0.15, -0.1) is 0 Å². The van der Waals surface area contributed by atoms with E-state index in [4.69, 9.17) is 0 Å². The number of imide groups is 1. The van der Waals surface area contributed by atoms with Gasteiger partial charge in [0.05, 0.1) is 0 Å². The highest BCUT2D eigenvalue weighted by molar-refractivity contribution is 5.87. The largest absolute Gasteiger partial charge is 0.316 e. The SMILES string of the molecule is O=[C]NC(=O)C1CCCC1. The number of rotatable bonds is 2. The summed E-state index contributed by atoms with van der Waals surface area (Å²) in [6.45, 7) is 0. The summed E-state index contributed by atoms with van der Waals surface area (Å²) < 4.78 is 0. The van der Waals surface area contributed by atoms with Crippen LogP contribution in [0.25, 0.3) is 0 Å². The second-order valence-electron chi connectivity index (χ2n) is 2.57. The molecule has 0 unspecified atom stereocenters. The van der Waals surface area contributed by atoms with Crippen LogP contribution in [0.2, 0.25) is 0 Å². The van der Waals surface area contributed by atoms with Crippen LogP contribution in [-0.4, -0.2) is 12.3 Å². The van der Waals surface area contributed by atoms with Gasteiger partial charge >= 0.3 is 6.41 Å². The molecule has 1 aliphatic carbocycles. The van der Waals surface area contributed by atoms with Gasteiger partial charge in [0.2, 0.25) is 5.91 Å². The molecule has 1 saturated carbocycles. The molecule has 0 aromatic carbocycles. The average Bonchev–Trinajstić information content (AvgIpc) is 2.38. The molecule has 1 aliphatic rings. The lowest BCUT2D eigenvalue weighted by molar-refractivity contribution is -0.123. The maximum Gasteiger partial charge on any atom is 0.316 e. The van der Waals surface area contributed by atoms with E-state index in [0.717, 1.165) is 25.7 Å². The first-order valence-electron chi connectivity index (χ1n) is 3.51. The molecule has 0 spiro atoms. The second kappa shape index (κ2) is 3.34. The number of hydrogen-bond acceptors (Lipinski definition) is 2. The normalized spacial score (nSPS) is 18.8. The van der Waals surface area contributed by atoms with Crippen LogP contribution in [0.4, 0.5) is 0 Å². The minimum absolute atomic E-state index is 0.0708. The summed E-state index contributed by atoms with van der Waals surface area (Å²) in [7, 11) is 0. The molecule has 0 bridgehead atoms. The first-order valence-corrected chi connectivity index (χ1v) is 3.51. The van der Waals surface area contributed by atoms with Crippen molar-refractivity contribution >= 4 is 12.3 Å². The van der Waals surface area contributed by atoms with Crippen LogP contribution < -0.4 is 5.32 Å². The van der Waals surface area contributed by atoms with Gasteiger partial charge in [-0.25, -0.2) is 0 Å². The Labute approximate surface area is 59.8 Å². The van der Waals surface area contributed by atoms with Gasteiger partial charge in [0.1, 0.15) is 0 Å². The molecule has 0 aliphatic heterocycles. The summed E-state index contributed by atoms with van der Waals surface area (Å²) >= 11 is 0. The summed E-state index contributed by atoms with van der Waals surface area (Å²) in [5, 5.41) is 2.04. The molecule has 0 aromatic heterocycles. The Bertz CT molecular complexity index is 139. The molecule has 10 heavy (non-hydrogen) atoms. The Morgan fingerprint density at radius 1 is 1.40 bits per heavy atom. The van der Waals surface area contributed by atoms with Crippen molar-refractivity contribution in [3.63, 3.8) is 0 Å². The van der Waals surface area contributed by atoms with Gasteiger partial charge in [-0.2, -0.15) is 0 Å².